The van der Waals surface area contributed by atoms with Gasteiger partial charge in [0.15, 0.2) is 0 Å². The maximum atomic E-state index is 11.2. The molecule has 136 valence electrons. The minimum atomic E-state index is -0.377. The van der Waals surface area contributed by atoms with Crippen molar-refractivity contribution in [3.8, 4) is 11.3 Å². The first kappa shape index (κ1) is 16.9. The van der Waals surface area contributed by atoms with Crippen molar-refractivity contribution in [1.29, 1.82) is 0 Å². The van der Waals surface area contributed by atoms with Crippen molar-refractivity contribution < 1.29 is 4.92 Å². The highest BCUT2D eigenvalue weighted by molar-refractivity contribution is 5.63. The Morgan fingerprint density at radius 3 is 2.74 bits per heavy atom. The Hall–Kier alpha value is -3.55. The number of rotatable bonds is 7. The molecule has 0 unspecified atom stereocenters. The predicted octanol–water partition coefficient (Wildman–Crippen LogP) is 3.63. The molecule has 1 fully saturated rings. The molecule has 1 aliphatic carbocycles. The Morgan fingerprint density at radius 2 is 2.00 bits per heavy atom. The molecule has 4 rings (SSSR count). The molecule has 0 aliphatic heterocycles. The largest absolute Gasteiger partial charge is 0.366 e. The van der Waals surface area contributed by atoms with Gasteiger partial charge < -0.3 is 10.6 Å². The third-order valence-electron chi connectivity index (χ3n) is 4.24. The number of para-hydroxylation sites is 1. The van der Waals surface area contributed by atoms with Gasteiger partial charge in [0.1, 0.15) is 5.82 Å². The summed E-state index contributed by atoms with van der Waals surface area (Å²) in [5.74, 6) is 1.15. The van der Waals surface area contributed by atoms with Crippen LogP contribution in [0.3, 0.4) is 0 Å². The molecule has 8 nitrogen and oxygen atoms in total. The van der Waals surface area contributed by atoms with E-state index in [1.165, 1.54) is 6.07 Å². The molecule has 1 saturated carbocycles. The molecule has 27 heavy (non-hydrogen) atoms. The highest BCUT2D eigenvalue weighted by Crippen LogP contribution is 2.26. The fourth-order valence-corrected chi connectivity index (χ4v) is 2.70. The molecule has 1 aliphatic rings. The summed E-state index contributed by atoms with van der Waals surface area (Å²) in [5, 5.41) is 17.7. The van der Waals surface area contributed by atoms with Crippen LogP contribution in [0.5, 0.6) is 0 Å². The summed E-state index contributed by atoms with van der Waals surface area (Å²) in [6.45, 7) is 0.295. The summed E-state index contributed by atoms with van der Waals surface area (Å²) in [7, 11) is 0. The standard InChI is InChI=1S/C19H18N6O2/c26-25(27)17-6-2-1-4-14(17)12-21-18-10-16(13-5-3-9-20-11-13)23-19(24-18)22-15-7-8-15/h1-6,9-11,15H,7-8,12H2,(H2,21,22,23,24). The molecular formula is C19H18N6O2. The van der Waals surface area contributed by atoms with Crippen LogP contribution in [0, 0.1) is 10.1 Å². The van der Waals surface area contributed by atoms with Gasteiger partial charge >= 0.3 is 0 Å². The number of nitrogens with one attached hydrogen (secondary N) is 2. The number of hydrogen-bond acceptors (Lipinski definition) is 7. The van der Waals surface area contributed by atoms with E-state index in [0.717, 1.165) is 24.1 Å². The van der Waals surface area contributed by atoms with E-state index in [1.54, 1.807) is 30.6 Å². The fourth-order valence-electron chi connectivity index (χ4n) is 2.70. The summed E-state index contributed by atoms with van der Waals surface area (Å²) < 4.78 is 0. The molecule has 0 atom stereocenters. The molecule has 0 spiro atoms. The number of pyridine rings is 1. The Kier molecular flexibility index (Phi) is 4.61. The molecule has 8 heteroatoms. The third-order valence-corrected chi connectivity index (χ3v) is 4.24. The molecule has 0 radical (unpaired) electrons. The van der Waals surface area contributed by atoms with Crippen molar-refractivity contribution in [3.63, 3.8) is 0 Å². The molecule has 3 aromatic rings. The van der Waals surface area contributed by atoms with Crippen molar-refractivity contribution in [3.05, 3.63) is 70.5 Å². The van der Waals surface area contributed by atoms with E-state index in [-0.39, 0.29) is 10.6 Å². The lowest BCUT2D eigenvalue weighted by Crippen LogP contribution is -2.09. The van der Waals surface area contributed by atoms with Crippen LogP contribution in [0.15, 0.2) is 54.9 Å². The van der Waals surface area contributed by atoms with E-state index in [1.807, 2.05) is 18.2 Å². The monoisotopic (exact) mass is 362 g/mol. The van der Waals surface area contributed by atoms with Gasteiger partial charge in [0.05, 0.1) is 10.6 Å². The molecular weight excluding hydrogens is 344 g/mol. The van der Waals surface area contributed by atoms with Crippen LogP contribution in [-0.4, -0.2) is 25.9 Å². The molecule has 2 heterocycles. The number of anilines is 2. The Morgan fingerprint density at radius 1 is 1.15 bits per heavy atom. The highest BCUT2D eigenvalue weighted by atomic mass is 16.6. The van der Waals surface area contributed by atoms with Gasteiger partial charge in [-0.05, 0) is 25.0 Å². The van der Waals surface area contributed by atoms with Crippen molar-refractivity contribution in [2.24, 2.45) is 0 Å². The first-order valence-corrected chi connectivity index (χ1v) is 8.71. The molecule has 0 saturated heterocycles. The molecule has 0 amide bonds. The van der Waals surface area contributed by atoms with Gasteiger partial charge in [0, 0.05) is 48.2 Å². The number of aromatic nitrogens is 3. The van der Waals surface area contributed by atoms with Crippen molar-refractivity contribution in [2.45, 2.75) is 25.4 Å². The maximum absolute atomic E-state index is 11.2. The topological polar surface area (TPSA) is 106 Å². The van der Waals surface area contributed by atoms with Gasteiger partial charge in [-0.25, -0.2) is 4.98 Å². The quantitative estimate of drug-likeness (QED) is 0.488. The lowest BCUT2D eigenvalue weighted by atomic mass is 10.1. The molecule has 0 bridgehead atoms. The Labute approximate surface area is 155 Å². The fraction of sp³-hybridized carbons (Fsp3) is 0.211. The number of nitro groups is 1. The summed E-state index contributed by atoms with van der Waals surface area (Å²) in [5.41, 5.74) is 2.31. The second-order valence-corrected chi connectivity index (χ2v) is 6.36. The van der Waals surface area contributed by atoms with Crippen LogP contribution in [0.25, 0.3) is 11.3 Å². The van der Waals surface area contributed by atoms with Crippen molar-refractivity contribution >= 4 is 17.5 Å². The average Bonchev–Trinajstić information content (AvgIpc) is 3.51. The minimum absolute atomic E-state index is 0.0860. The van der Waals surface area contributed by atoms with E-state index in [9.17, 15) is 10.1 Å². The zero-order valence-electron chi connectivity index (χ0n) is 14.5. The second-order valence-electron chi connectivity index (χ2n) is 6.36. The van der Waals surface area contributed by atoms with Gasteiger partial charge in [0.25, 0.3) is 5.69 Å². The number of nitrogens with zero attached hydrogens (tertiary/aromatic N) is 4. The number of benzene rings is 1. The van der Waals surface area contributed by atoms with Crippen LogP contribution in [0.2, 0.25) is 0 Å². The van der Waals surface area contributed by atoms with E-state index in [2.05, 4.69) is 25.6 Å². The highest BCUT2D eigenvalue weighted by Gasteiger charge is 2.22. The lowest BCUT2D eigenvalue weighted by Gasteiger charge is -2.11. The first-order chi connectivity index (χ1) is 13.2. The zero-order chi connectivity index (χ0) is 18.6. The van der Waals surface area contributed by atoms with Gasteiger partial charge in [-0.2, -0.15) is 4.98 Å². The smallest absolute Gasteiger partial charge is 0.274 e. The maximum Gasteiger partial charge on any atom is 0.274 e. The van der Waals surface area contributed by atoms with Crippen molar-refractivity contribution in [1.82, 2.24) is 15.0 Å². The number of nitro benzene ring substituents is 1. The van der Waals surface area contributed by atoms with E-state index in [4.69, 9.17) is 0 Å². The van der Waals surface area contributed by atoms with Crippen LogP contribution in [0.1, 0.15) is 18.4 Å². The van der Waals surface area contributed by atoms with E-state index in [0.29, 0.717) is 29.9 Å². The lowest BCUT2D eigenvalue weighted by molar-refractivity contribution is -0.385. The van der Waals surface area contributed by atoms with Gasteiger partial charge in [-0.1, -0.05) is 18.2 Å². The Bertz CT molecular complexity index is 959. The third kappa shape index (κ3) is 4.17. The van der Waals surface area contributed by atoms with Gasteiger partial charge in [0.2, 0.25) is 5.95 Å². The van der Waals surface area contributed by atoms with Gasteiger partial charge in [-0.3, -0.25) is 15.1 Å². The van der Waals surface area contributed by atoms with Crippen LogP contribution < -0.4 is 10.6 Å². The van der Waals surface area contributed by atoms with E-state index >= 15 is 0 Å². The van der Waals surface area contributed by atoms with Crippen LogP contribution in [-0.2, 0) is 6.54 Å². The SMILES string of the molecule is O=[N+]([O-])c1ccccc1CNc1cc(-c2cccnc2)nc(NC2CC2)n1. The predicted molar refractivity (Wildman–Crippen MR) is 102 cm³/mol. The molecule has 2 N–H and O–H groups in total. The summed E-state index contributed by atoms with van der Waals surface area (Å²) in [6, 6.07) is 12.7. The molecule has 1 aromatic carbocycles. The number of hydrogen-bond donors (Lipinski definition) is 2. The van der Waals surface area contributed by atoms with Crippen LogP contribution in [0.4, 0.5) is 17.5 Å². The van der Waals surface area contributed by atoms with Gasteiger partial charge in [-0.15, -0.1) is 0 Å². The minimum Gasteiger partial charge on any atom is -0.366 e. The first-order valence-electron chi connectivity index (χ1n) is 8.71. The molecule has 2 aromatic heterocycles. The Balaban J connectivity index is 1.61. The average molecular weight is 362 g/mol. The zero-order valence-corrected chi connectivity index (χ0v) is 14.5. The summed E-state index contributed by atoms with van der Waals surface area (Å²) >= 11 is 0. The van der Waals surface area contributed by atoms with Crippen LogP contribution >= 0.6 is 0 Å². The normalized spacial score (nSPS) is 13.2. The summed E-state index contributed by atoms with van der Waals surface area (Å²) in [6.07, 6.45) is 5.68. The van der Waals surface area contributed by atoms with Crippen molar-refractivity contribution in [2.75, 3.05) is 10.6 Å². The van der Waals surface area contributed by atoms with E-state index < -0.39 is 0 Å². The second kappa shape index (κ2) is 7.36. The summed E-state index contributed by atoms with van der Waals surface area (Å²) in [4.78, 5) is 24.0.